The lowest BCUT2D eigenvalue weighted by atomic mass is 10.1. The minimum atomic E-state index is 0.924. The summed E-state index contributed by atoms with van der Waals surface area (Å²) < 4.78 is 0. The minimum Gasteiger partial charge on any atom is -0.252 e. The molecule has 0 spiro atoms. The van der Waals surface area contributed by atoms with Crippen molar-refractivity contribution in [3.63, 3.8) is 0 Å². The van der Waals surface area contributed by atoms with E-state index < -0.39 is 0 Å². The second kappa shape index (κ2) is 4.22. The first-order chi connectivity index (χ1) is 8.74. The molecular formula is C16H14N2. The van der Waals surface area contributed by atoms with Crippen molar-refractivity contribution < 1.29 is 0 Å². The number of hydrogen-bond acceptors (Lipinski definition) is 2. The van der Waals surface area contributed by atoms with E-state index in [1.807, 2.05) is 18.3 Å². The molecule has 0 aliphatic heterocycles. The highest BCUT2D eigenvalue weighted by Crippen LogP contribution is 2.20. The van der Waals surface area contributed by atoms with Gasteiger partial charge >= 0.3 is 0 Å². The predicted molar refractivity (Wildman–Crippen MR) is 74.4 cm³/mol. The van der Waals surface area contributed by atoms with Crippen LogP contribution in [0, 0.1) is 13.8 Å². The van der Waals surface area contributed by atoms with Crippen molar-refractivity contribution in [3.8, 4) is 11.3 Å². The van der Waals surface area contributed by atoms with Gasteiger partial charge in [-0.25, -0.2) is 4.98 Å². The van der Waals surface area contributed by atoms with Crippen LogP contribution in [0.25, 0.3) is 22.3 Å². The van der Waals surface area contributed by atoms with Gasteiger partial charge in [-0.15, -0.1) is 0 Å². The van der Waals surface area contributed by atoms with Crippen LogP contribution in [-0.4, -0.2) is 9.97 Å². The second-order valence-electron chi connectivity index (χ2n) is 4.56. The van der Waals surface area contributed by atoms with Crippen molar-refractivity contribution >= 4 is 11.0 Å². The smallest absolute Gasteiger partial charge is 0.0916 e. The van der Waals surface area contributed by atoms with E-state index in [2.05, 4.69) is 54.1 Å². The zero-order chi connectivity index (χ0) is 12.5. The number of benzene rings is 2. The third-order valence-electron chi connectivity index (χ3n) is 3.12. The maximum Gasteiger partial charge on any atom is 0.0916 e. The van der Waals surface area contributed by atoms with E-state index in [0.717, 1.165) is 27.9 Å². The lowest BCUT2D eigenvalue weighted by Crippen LogP contribution is -1.90. The number of fused-ring (bicyclic) bond motifs is 1. The summed E-state index contributed by atoms with van der Waals surface area (Å²) in [5.74, 6) is 0. The molecule has 0 unspecified atom stereocenters. The van der Waals surface area contributed by atoms with E-state index in [1.54, 1.807) is 0 Å². The van der Waals surface area contributed by atoms with Gasteiger partial charge in [0.1, 0.15) is 0 Å². The van der Waals surface area contributed by atoms with Gasteiger partial charge in [0.15, 0.2) is 0 Å². The topological polar surface area (TPSA) is 25.8 Å². The Kier molecular flexibility index (Phi) is 2.56. The van der Waals surface area contributed by atoms with Gasteiger partial charge in [-0.05, 0) is 25.5 Å². The van der Waals surface area contributed by atoms with Crippen LogP contribution >= 0.6 is 0 Å². The molecule has 0 saturated carbocycles. The molecule has 0 N–H and O–H groups in total. The number of aromatic nitrogens is 2. The first kappa shape index (κ1) is 10.9. The fraction of sp³-hybridized carbons (Fsp3) is 0.125. The van der Waals surface area contributed by atoms with Gasteiger partial charge in [-0.1, -0.05) is 42.0 Å². The van der Waals surface area contributed by atoms with Gasteiger partial charge < -0.3 is 0 Å². The Hall–Kier alpha value is -2.22. The summed E-state index contributed by atoms with van der Waals surface area (Å²) in [6.07, 6.45) is 1.85. The Morgan fingerprint density at radius 3 is 2.44 bits per heavy atom. The van der Waals surface area contributed by atoms with Gasteiger partial charge in [0.05, 0.1) is 22.9 Å². The molecule has 3 aromatic rings. The van der Waals surface area contributed by atoms with Crippen molar-refractivity contribution in [1.82, 2.24) is 9.97 Å². The molecule has 0 aliphatic rings. The summed E-state index contributed by atoms with van der Waals surface area (Å²) in [5.41, 5.74) is 6.38. The quantitative estimate of drug-likeness (QED) is 0.638. The van der Waals surface area contributed by atoms with Crippen LogP contribution in [0.4, 0.5) is 0 Å². The third-order valence-corrected chi connectivity index (χ3v) is 3.12. The van der Waals surface area contributed by atoms with Crippen molar-refractivity contribution in [1.29, 1.82) is 0 Å². The SMILES string of the molecule is Cc1ccc(-c2cnc3c(C)cccc3n2)cc1. The summed E-state index contributed by atoms with van der Waals surface area (Å²) in [5, 5.41) is 0. The summed E-state index contributed by atoms with van der Waals surface area (Å²) in [4.78, 5) is 9.19. The molecule has 0 fully saturated rings. The molecule has 1 heterocycles. The van der Waals surface area contributed by atoms with Gasteiger partial charge in [-0.2, -0.15) is 0 Å². The lowest BCUT2D eigenvalue weighted by molar-refractivity contribution is 1.27. The average molecular weight is 234 g/mol. The molecule has 0 radical (unpaired) electrons. The normalized spacial score (nSPS) is 10.8. The zero-order valence-corrected chi connectivity index (χ0v) is 10.5. The Bertz CT molecular complexity index is 700. The average Bonchev–Trinajstić information content (AvgIpc) is 2.39. The van der Waals surface area contributed by atoms with Gasteiger partial charge in [0.2, 0.25) is 0 Å². The Morgan fingerprint density at radius 2 is 1.67 bits per heavy atom. The Labute approximate surface area is 106 Å². The highest BCUT2D eigenvalue weighted by Gasteiger charge is 2.03. The molecule has 2 heteroatoms. The standard InChI is InChI=1S/C16H14N2/c1-11-6-8-13(9-7-11)15-10-17-16-12(2)4-3-5-14(16)18-15/h3-10H,1-2H3. The van der Waals surface area contributed by atoms with E-state index in [1.165, 1.54) is 5.56 Å². The minimum absolute atomic E-state index is 0.924. The molecule has 0 saturated heterocycles. The Morgan fingerprint density at radius 1 is 0.889 bits per heavy atom. The Balaban J connectivity index is 2.16. The number of aryl methyl sites for hydroxylation is 2. The number of nitrogens with zero attached hydrogens (tertiary/aromatic N) is 2. The molecule has 1 aromatic heterocycles. The van der Waals surface area contributed by atoms with Crippen LogP contribution in [0.1, 0.15) is 11.1 Å². The van der Waals surface area contributed by atoms with E-state index in [0.29, 0.717) is 0 Å². The molecule has 0 atom stereocenters. The molecule has 88 valence electrons. The lowest BCUT2D eigenvalue weighted by Gasteiger charge is -2.04. The first-order valence-electron chi connectivity index (χ1n) is 6.03. The van der Waals surface area contributed by atoms with E-state index in [9.17, 15) is 0 Å². The first-order valence-corrected chi connectivity index (χ1v) is 6.03. The summed E-state index contributed by atoms with van der Waals surface area (Å²) >= 11 is 0. The van der Waals surface area contributed by atoms with Crippen LogP contribution in [0.15, 0.2) is 48.7 Å². The molecule has 2 nitrogen and oxygen atoms in total. The molecule has 0 amide bonds. The van der Waals surface area contributed by atoms with Gasteiger partial charge in [0, 0.05) is 5.56 Å². The maximum atomic E-state index is 4.67. The van der Waals surface area contributed by atoms with Crippen molar-refractivity contribution in [2.24, 2.45) is 0 Å². The number of hydrogen-bond donors (Lipinski definition) is 0. The molecule has 3 rings (SSSR count). The summed E-state index contributed by atoms with van der Waals surface area (Å²) in [6.45, 7) is 4.14. The fourth-order valence-corrected chi connectivity index (χ4v) is 2.05. The van der Waals surface area contributed by atoms with Crippen molar-refractivity contribution in [3.05, 3.63) is 59.8 Å². The largest absolute Gasteiger partial charge is 0.252 e. The van der Waals surface area contributed by atoms with Crippen molar-refractivity contribution in [2.45, 2.75) is 13.8 Å². The van der Waals surface area contributed by atoms with Crippen LogP contribution in [0.2, 0.25) is 0 Å². The van der Waals surface area contributed by atoms with E-state index in [4.69, 9.17) is 0 Å². The van der Waals surface area contributed by atoms with Crippen LogP contribution in [-0.2, 0) is 0 Å². The monoisotopic (exact) mass is 234 g/mol. The zero-order valence-electron chi connectivity index (χ0n) is 10.5. The van der Waals surface area contributed by atoms with Crippen LogP contribution < -0.4 is 0 Å². The third kappa shape index (κ3) is 1.86. The molecule has 18 heavy (non-hydrogen) atoms. The van der Waals surface area contributed by atoms with Crippen LogP contribution in [0.5, 0.6) is 0 Å². The summed E-state index contributed by atoms with van der Waals surface area (Å²) in [7, 11) is 0. The van der Waals surface area contributed by atoms with Gasteiger partial charge in [0.25, 0.3) is 0 Å². The van der Waals surface area contributed by atoms with Gasteiger partial charge in [-0.3, -0.25) is 4.98 Å². The predicted octanol–water partition coefficient (Wildman–Crippen LogP) is 3.91. The number of rotatable bonds is 1. The van der Waals surface area contributed by atoms with E-state index >= 15 is 0 Å². The van der Waals surface area contributed by atoms with Crippen molar-refractivity contribution in [2.75, 3.05) is 0 Å². The highest BCUT2D eigenvalue weighted by molar-refractivity contribution is 5.79. The van der Waals surface area contributed by atoms with Crippen LogP contribution in [0.3, 0.4) is 0 Å². The molecule has 0 aliphatic carbocycles. The number of para-hydroxylation sites is 1. The molecule has 0 bridgehead atoms. The highest BCUT2D eigenvalue weighted by atomic mass is 14.8. The fourth-order valence-electron chi connectivity index (χ4n) is 2.05. The maximum absolute atomic E-state index is 4.67. The molecular weight excluding hydrogens is 220 g/mol. The molecule has 2 aromatic carbocycles. The summed E-state index contributed by atoms with van der Waals surface area (Å²) in [6, 6.07) is 14.4. The second-order valence-corrected chi connectivity index (χ2v) is 4.56. The van der Waals surface area contributed by atoms with E-state index in [-0.39, 0.29) is 0 Å².